The number of carbonyl (C=O) groups is 1. The highest BCUT2D eigenvalue weighted by Gasteiger charge is 2.22. The molecule has 0 radical (unpaired) electrons. The van der Waals surface area contributed by atoms with Crippen molar-refractivity contribution in [2.24, 2.45) is 5.92 Å². The van der Waals surface area contributed by atoms with E-state index in [-0.39, 0.29) is 18.6 Å². The molecule has 0 aliphatic carbocycles. The van der Waals surface area contributed by atoms with Gasteiger partial charge in [-0.1, -0.05) is 23.8 Å². The van der Waals surface area contributed by atoms with Gasteiger partial charge in [-0.15, -0.1) is 0 Å². The number of nitrogens with zero attached hydrogens (tertiary/aromatic N) is 1. The fourth-order valence-corrected chi connectivity index (χ4v) is 2.94. The van der Waals surface area contributed by atoms with E-state index in [4.69, 9.17) is 0 Å². The maximum Gasteiger partial charge on any atom is 0.317 e. The summed E-state index contributed by atoms with van der Waals surface area (Å²) < 4.78 is 0. The molecule has 1 atom stereocenters. The normalized spacial score (nSPS) is 18.6. The van der Waals surface area contributed by atoms with Gasteiger partial charge in [0.25, 0.3) is 0 Å². The summed E-state index contributed by atoms with van der Waals surface area (Å²) in [4.78, 5) is 13.9. The third-order valence-electron chi connectivity index (χ3n) is 4.23. The molecule has 1 aliphatic heterocycles. The van der Waals surface area contributed by atoms with Gasteiger partial charge in [0.15, 0.2) is 0 Å². The number of hydrogen-bond acceptors (Lipinski definition) is 2. The van der Waals surface area contributed by atoms with E-state index in [0.717, 1.165) is 25.8 Å². The van der Waals surface area contributed by atoms with Crippen LogP contribution >= 0.6 is 0 Å². The van der Waals surface area contributed by atoms with Crippen molar-refractivity contribution in [1.29, 1.82) is 0 Å². The molecule has 2 N–H and O–H groups in total. The molecule has 116 valence electrons. The molecular formula is C17H26N2O2. The molecule has 1 aliphatic rings. The zero-order valence-electron chi connectivity index (χ0n) is 13.1. The van der Waals surface area contributed by atoms with Gasteiger partial charge in [-0.3, -0.25) is 0 Å². The summed E-state index contributed by atoms with van der Waals surface area (Å²) in [5, 5.41) is 12.2. The monoisotopic (exact) mass is 290 g/mol. The predicted molar refractivity (Wildman–Crippen MR) is 84.4 cm³/mol. The molecule has 1 heterocycles. The van der Waals surface area contributed by atoms with Crippen LogP contribution in [0, 0.1) is 19.8 Å². The smallest absolute Gasteiger partial charge is 0.317 e. The van der Waals surface area contributed by atoms with Gasteiger partial charge >= 0.3 is 6.03 Å². The van der Waals surface area contributed by atoms with E-state index >= 15 is 0 Å². The molecule has 2 rings (SSSR count). The van der Waals surface area contributed by atoms with Crippen molar-refractivity contribution in [3.05, 3.63) is 34.9 Å². The third kappa shape index (κ3) is 4.46. The Balaban J connectivity index is 1.78. The van der Waals surface area contributed by atoms with E-state index in [0.29, 0.717) is 13.1 Å². The van der Waals surface area contributed by atoms with Crippen LogP contribution in [0.2, 0.25) is 0 Å². The van der Waals surface area contributed by atoms with Crippen LogP contribution in [-0.2, 0) is 6.42 Å². The molecule has 1 fully saturated rings. The summed E-state index contributed by atoms with van der Waals surface area (Å²) in [6.07, 6.45) is 2.85. The summed E-state index contributed by atoms with van der Waals surface area (Å²) in [7, 11) is 0. The zero-order chi connectivity index (χ0) is 15.2. The van der Waals surface area contributed by atoms with Crippen molar-refractivity contribution in [3.8, 4) is 0 Å². The second-order valence-corrected chi connectivity index (χ2v) is 6.05. The van der Waals surface area contributed by atoms with Crippen LogP contribution in [0.3, 0.4) is 0 Å². The molecule has 0 spiro atoms. The number of urea groups is 1. The largest absolute Gasteiger partial charge is 0.396 e. The van der Waals surface area contributed by atoms with Crippen LogP contribution in [0.1, 0.15) is 29.5 Å². The van der Waals surface area contributed by atoms with E-state index in [1.165, 1.54) is 16.7 Å². The summed E-state index contributed by atoms with van der Waals surface area (Å²) in [5.74, 6) is 0.240. The first-order valence-corrected chi connectivity index (χ1v) is 7.80. The van der Waals surface area contributed by atoms with Crippen molar-refractivity contribution >= 4 is 6.03 Å². The molecule has 1 aromatic rings. The lowest BCUT2D eigenvalue weighted by molar-refractivity contribution is 0.129. The van der Waals surface area contributed by atoms with Crippen LogP contribution < -0.4 is 5.32 Å². The summed E-state index contributed by atoms with van der Waals surface area (Å²) in [6.45, 7) is 6.50. The summed E-state index contributed by atoms with van der Waals surface area (Å²) >= 11 is 0. The fraction of sp³-hybridized carbons (Fsp3) is 0.588. The number of aryl methyl sites for hydroxylation is 2. The topological polar surface area (TPSA) is 52.6 Å². The number of rotatable bonds is 4. The van der Waals surface area contributed by atoms with Gasteiger partial charge in [-0.25, -0.2) is 4.79 Å². The number of aliphatic hydroxyl groups is 1. The highest BCUT2D eigenvalue weighted by Crippen LogP contribution is 2.15. The van der Waals surface area contributed by atoms with Crippen molar-refractivity contribution < 1.29 is 9.90 Å². The lowest BCUT2D eigenvalue weighted by Crippen LogP contribution is -2.46. The Morgan fingerprint density at radius 2 is 2.24 bits per heavy atom. The number of hydrogen-bond donors (Lipinski definition) is 2. The Morgan fingerprint density at radius 1 is 1.43 bits per heavy atom. The van der Waals surface area contributed by atoms with Crippen LogP contribution in [0.25, 0.3) is 0 Å². The Morgan fingerprint density at radius 3 is 2.95 bits per heavy atom. The van der Waals surface area contributed by atoms with E-state index < -0.39 is 0 Å². The van der Waals surface area contributed by atoms with Crippen molar-refractivity contribution in [1.82, 2.24) is 10.2 Å². The molecule has 1 saturated heterocycles. The maximum atomic E-state index is 12.1. The molecule has 1 aromatic carbocycles. The number of likely N-dealkylation sites (tertiary alicyclic amines) is 1. The number of nitrogens with one attached hydrogen (secondary N) is 1. The fourth-order valence-electron chi connectivity index (χ4n) is 2.94. The molecule has 0 bridgehead atoms. The second kappa shape index (κ2) is 7.46. The maximum absolute atomic E-state index is 12.1. The first-order valence-electron chi connectivity index (χ1n) is 7.80. The minimum Gasteiger partial charge on any atom is -0.396 e. The van der Waals surface area contributed by atoms with Crippen LogP contribution in [0.15, 0.2) is 18.2 Å². The number of piperidine rings is 1. The van der Waals surface area contributed by atoms with Gasteiger partial charge in [-0.2, -0.15) is 0 Å². The number of aliphatic hydroxyl groups excluding tert-OH is 1. The van der Waals surface area contributed by atoms with E-state index in [1.54, 1.807) is 0 Å². The molecule has 1 unspecified atom stereocenters. The Hall–Kier alpha value is -1.55. The van der Waals surface area contributed by atoms with Gasteiger partial charge in [-0.05, 0) is 50.2 Å². The summed E-state index contributed by atoms with van der Waals surface area (Å²) in [5.41, 5.74) is 3.83. The molecule has 0 aromatic heterocycles. The predicted octanol–water partition coefficient (Wildman–Crippen LogP) is 2.26. The van der Waals surface area contributed by atoms with Gasteiger partial charge in [0.2, 0.25) is 0 Å². The Kier molecular flexibility index (Phi) is 5.62. The van der Waals surface area contributed by atoms with Crippen LogP contribution in [-0.4, -0.2) is 42.3 Å². The molecule has 4 nitrogen and oxygen atoms in total. The average Bonchev–Trinajstić information content (AvgIpc) is 2.49. The average molecular weight is 290 g/mol. The second-order valence-electron chi connectivity index (χ2n) is 6.05. The van der Waals surface area contributed by atoms with Gasteiger partial charge in [0.05, 0.1) is 0 Å². The van der Waals surface area contributed by atoms with Crippen molar-refractivity contribution in [3.63, 3.8) is 0 Å². The first-order chi connectivity index (χ1) is 10.1. The van der Waals surface area contributed by atoms with Gasteiger partial charge in [0, 0.05) is 26.2 Å². The molecule has 2 amide bonds. The summed E-state index contributed by atoms with van der Waals surface area (Å²) in [6, 6.07) is 6.42. The van der Waals surface area contributed by atoms with Gasteiger partial charge < -0.3 is 15.3 Å². The minimum absolute atomic E-state index is 0.00193. The van der Waals surface area contributed by atoms with Crippen LogP contribution in [0.5, 0.6) is 0 Å². The highest BCUT2D eigenvalue weighted by atomic mass is 16.3. The van der Waals surface area contributed by atoms with Crippen molar-refractivity contribution in [2.75, 3.05) is 26.2 Å². The molecule has 0 saturated carbocycles. The Bertz CT molecular complexity index is 488. The van der Waals surface area contributed by atoms with E-state index in [9.17, 15) is 9.90 Å². The molecule has 21 heavy (non-hydrogen) atoms. The van der Waals surface area contributed by atoms with Gasteiger partial charge in [0.1, 0.15) is 0 Å². The third-order valence-corrected chi connectivity index (χ3v) is 4.23. The lowest BCUT2D eigenvalue weighted by Gasteiger charge is -2.31. The molecular weight excluding hydrogens is 264 g/mol. The lowest BCUT2D eigenvalue weighted by atomic mass is 9.99. The number of benzene rings is 1. The quantitative estimate of drug-likeness (QED) is 0.893. The van der Waals surface area contributed by atoms with E-state index in [2.05, 4.69) is 37.4 Å². The number of amides is 2. The number of carbonyl (C=O) groups excluding carboxylic acids is 1. The SMILES string of the molecule is Cc1ccc(CCNC(=O)N2CCCC(CO)C2)c(C)c1. The first kappa shape index (κ1) is 15.8. The van der Waals surface area contributed by atoms with Crippen LogP contribution in [0.4, 0.5) is 4.79 Å². The highest BCUT2D eigenvalue weighted by molar-refractivity contribution is 5.74. The van der Waals surface area contributed by atoms with E-state index in [1.807, 2.05) is 4.90 Å². The zero-order valence-corrected chi connectivity index (χ0v) is 13.1. The standard InChI is InChI=1S/C17H26N2O2/c1-13-5-6-16(14(2)10-13)7-8-18-17(21)19-9-3-4-15(11-19)12-20/h5-6,10,15,20H,3-4,7-9,11-12H2,1-2H3,(H,18,21). The van der Waals surface area contributed by atoms with Crippen molar-refractivity contribution in [2.45, 2.75) is 33.1 Å². The molecule has 4 heteroatoms. The Labute approximate surface area is 127 Å². The minimum atomic E-state index is -0.00193.